The Bertz CT molecular complexity index is 468. The van der Waals surface area contributed by atoms with Crippen LogP contribution in [0.4, 0.5) is 0 Å². The van der Waals surface area contributed by atoms with Crippen LogP contribution in [0.1, 0.15) is 43.7 Å². The van der Waals surface area contributed by atoms with Crippen molar-refractivity contribution in [2.75, 3.05) is 6.54 Å². The summed E-state index contributed by atoms with van der Waals surface area (Å²) in [6.45, 7) is 6.02. The number of carboxylic acid groups (broad SMARTS) is 1. The number of nitrogens with zero attached hydrogens (tertiary/aromatic N) is 1. The summed E-state index contributed by atoms with van der Waals surface area (Å²) in [5.74, 6) is -1.22. The van der Waals surface area contributed by atoms with E-state index in [1.807, 2.05) is 13.8 Å². The van der Waals surface area contributed by atoms with Gasteiger partial charge in [0.15, 0.2) is 0 Å². The van der Waals surface area contributed by atoms with Gasteiger partial charge < -0.3 is 15.0 Å². The van der Waals surface area contributed by atoms with Crippen LogP contribution in [0.15, 0.2) is 12.3 Å². The normalized spacial score (nSPS) is 12.5. The lowest BCUT2D eigenvalue weighted by Crippen LogP contribution is -2.31. The molecule has 0 saturated carbocycles. The molecule has 1 unspecified atom stereocenters. The number of carbonyl (C=O) groups is 2. The Balaban J connectivity index is 2.66. The van der Waals surface area contributed by atoms with E-state index in [9.17, 15) is 9.59 Å². The van der Waals surface area contributed by atoms with Crippen molar-refractivity contribution in [3.05, 3.63) is 23.0 Å². The van der Waals surface area contributed by atoms with Crippen LogP contribution in [0, 0.1) is 5.92 Å². The van der Waals surface area contributed by atoms with Crippen LogP contribution in [-0.2, 0) is 4.79 Å². The number of aromatic nitrogens is 1. The van der Waals surface area contributed by atoms with Gasteiger partial charge in [-0.2, -0.15) is 0 Å². The largest absolute Gasteiger partial charge is 0.481 e. The molecule has 1 rings (SSSR count). The molecule has 2 N–H and O–H groups in total. The molecule has 0 aliphatic heterocycles. The predicted molar refractivity (Wildman–Crippen MR) is 73.6 cm³/mol. The summed E-state index contributed by atoms with van der Waals surface area (Å²) in [6, 6.07) is 1.74. The number of amides is 1. The fourth-order valence-electron chi connectivity index (χ4n) is 1.78. The number of nitrogens with one attached hydrogen (secondary N) is 1. The van der Waals surface area contributed by atoms with Gasteiger partial charge in [0.1, 0.15) is 5.69 Å². The SMILES string of the molecule is CC(CNC(=O)c1cc(Cl)cn1C(C)C)CC(=O)O. The van der Waals surface area contributed by atoms with E-state index in [-0.39, 0.29) is 24.3 Å². The van der Waals surface area contributed by atoms with Gasteiger partial charge in [0.2, 0.25) is 0 Å². The highest BCUT2D eigenvalue weighted by atomic mass is 35.5. The number of halogens is 1. The monoisotopic (exact) mass is 286 g/mol. The first-order valence-electron chi connectivity index (χ1n) is 6.18. The Hall–Kier alpha value is -1.49. The third-order valence-corrected chi connectivity index (χ3v) is 2.95. The van der Waals surface area contributed by atoms with Crippen LogP contribution in [0.2, 0.25) is 5.02 Å². The molecule has 0 spiro atoms. The zero-order valence-electron chi connectivity index (χ0n) is 11.3. The van der Waals surface area contributed by atoms with E-state index in [4.69, 9.17) is 16.7 Å². The lowest BCUT2D eigenvalue weighted by atomic mass is 10.1. The van der Waals surface area contributed by atoms with Gasteiger partial charge in [-0.1, -0.05) is 18.5 Å². The van der Waals surface area contributed by atoms with Crippen molar-refractivity contribution >= 4 is 23.5 Å². The lowest BCUT2D eigenvalue weighted by molar-refractivity contribution is -0.137. The van der Waals surface area contributed by atoms with Gasteiger partial charge >= 0.3 is 5.97 Å². The van der Waals surface area contributed by atoms with E-state index < -0.39 is 5.97 Å². The number of carboxylic acids is 1. The van der Waals surface area contributed by atoms with E-state index in [0.717, 1.165) is 0 Å². The average molecular weight is 287 g/mol. The van der Waals surface area contributed by atoms with Gasteiger partial charge in [-0.05, 0) is 25.8 Å². The van der Waals surface area contributed by atoms with Crippen LogP contribution in [-0.4, -0.2) is 28.1 Å². The molecule has 5 nitrogen and oxygen atoms in total. The molecule has 0 aromatic carbocycles. The van der Waals surface area contributed by atoms with Gasteiger partial charge in [-0.25, -0.2) is 0 Å². The van der Waals surface area contributed by atoms with Gasteiger partial charge in [0, 0.05) is 25.2 Å². The smallest absolute Gasteiger partial charge is 0.303 e. The van der Waals surface area contributed by atoms with E-state index in [1.165, 1.54) is 0 Å². The summed E-state index contributed by atoms with van der Waals surface area (Å²) in [7, 11) is 0. The zero-order valence-corrected chi connectivity index (χ0v) is 12.1. The predicted octanol–water partition coefficient (Wildman–Crippen LogP) is 2.56. The third kappa shape index (κ3) is 4.59. The number of hydrogen-bond acceptors (Lipinski definition) is 2. The number of aliphatic carboxylic acids is 1. The molecule has 19 heavy (non-hydrogen) atoms. The van der Waals surface area contributed by atoms with Crippen molar-refractivity contribution < 1.29 is 14.7 Å². The van der Waals surface area contributed by atoms with E-state index in [2.05, 4.69) is 5.32 Å². The number of rotatable bonds is 6. The Morgan fingerprint density at radius 1 is 1.42 bits per heavy atom. The van der Waals surface area contributed by atoms with Crippen LogP contribution >= 0.6 is 11.6 Å². The summed E-state index contributed by atoms with van der Waals surface area (Å²) >= 11 is 5.91. The minimum absolute atomic E-state index is 0.0340. The molecular formula is C13H19ClN2O3. The maximum atomic E-state index is 12.0. The molecule has 0 aliphatic carbocycles. The highest BCUT2D eigenvalue weighted by Crippen LogP contribution is 2.18. The van der Waals surface area contributed by atoms with Crippen LogP contribution in [0.5, 0.6) is 0 Å². The molecule has 1 amide bonds. The van der Waals surface area contributed by atoms with Crippen LogP contribution in [0.3, 0.4) is 0 Å². The number of hydrogen-bond donors (Lipinski definition) is 2. The van der Waals surface area contributed by atoms with Gasteiger partial charge in [0.25, 0.3) is 5.91 Å². The lowest BCUT2D eigenvalue weighted by Gasteiger charge is -2.14. The maximum Gasteiger partial charge on any atom is 0.303 e. The molecule has 0 saturated heterocycles. The third-order valence-electron chi connectivity index (χ3n) is 2.74. The Morgan fingerprint density at radius 3 is 2.58 bits per heavy atom. The Kier molecular flexibility index (Phi) is 5.42. The quantitative estimate of drug-likeness (QED) is 0.844. The van der Waals surface area contributed by atoms with Crippen molar-refractivity contribution in [2.24, 2.45) is 5.92 Å². The van der Waals surface area contributed by atoms with Crippen molar-refractivity contribution in [2.45, 2.75) is 33.2 Å². The summed E-state index contributed by atoms with van der Waals surface area (Å²) in [5, 5.41) is 11.9. The second-order valence-electron chi connectivity index (χ2n) is 4.96. The summed E-state index contributed by atoms with van der Waals surface area (Å²) in [5.41, 5.74) is 0.488. The summed E-state index contributed by atoms with van der Waals surface area (Å²) in [4.78, 5) is 22.6. The van der Waals surface area contributed by atoms with Crippen molar-refractivity contribution in [3.63, 3.8) is 0 Å². The second kappa shape index (κ2) is 6.61. The fourth-order valence-corrected chi connectivity index (χ4v) is 1.99. The highest BCUT2D eigenvalue weighted by molar-refractivity contribution is 6.31. The van der Waals surface area contributed by atoms with Crippen molar-refractivity contribution in [3.8, 4) is 0 Å². The Labute approximate surface area is 117 Å². The summed E-state index contributed by atoms with van der Waals surface area (Å²) in [6.07, 6.45) is 1.74. The summed E-state index contributed by atoms with van der Waals surface area (Å²) < 4.78 is 1.79. The Morgan fingerprint density at radius 2 is 2.05 bits per heavy atom. The van der Waals surface area contributed by atoms with Crippen molar-refractivity contribution in [1.29, 1.82) is 0 Å². The minimum Gasteiger partial charge on any atom is -0.481 e. The first-order chi connectivity index (χ1) is 8.81. The molecule has 106 valence electrons. The standard InChI is InChI=1S/C13H19ClN2O3/c1-8(2)16-7-10(14)5-11(16)13(19)15-6-9(3)4-12(17)18/h5,7-9H,4,6H2,1-3H3,(H,15,19)(H,17,18). The first kappa shape index (κ1) is 15.6. The molecule has 1 aromatic heterocycles. The van der Waals surface area contributed by atoms with Crippen LogP contribution in [0.25, 0.3) is 0 Å². The van der Waals surface area contributed by atoms with Gasteiger partial charge in [0.05, 0.1) is 5.02 Å². The second-order valence-corrected chi connectivity index (χ2v) is 5.39. The fraction of sp³-hybridized carbons (Fsp3) is 0.538. The van der Waals surface area contributed by atoms with E-state index in [0.29, 0.717) is 17.3 Å². The van der Waals surface area contributed by atoms with Gasteiger partial charge in [-0.3, -0.25) is 9.59 Å². The minimum atomic E-state index is -0.865. The molecular weight excluding hydrogens is 268 g/mol. The average Bonchev–Trinajstić information content (AvgIpc) is 2.67. The molecule has 0 bridgehead atoms. The number of carbonyl (C=O) groups excluding carboxylic acids is 1. The molecule has 1 aromatic rings. The van der Waals surface area contributed by atoms with E-state index >= 15 is 0 Å². The van der Waals surface area contributed by atoms with E-state index in [1.54, 1.807) is 23.8 Å². The molecule has 0 fully saturated rings. The zero-order chi connectivity index (χ0) is 14.6. The van der Waals surface area contributed by atoms with Crippen molar-refractivity contribution in [1.82, 2.24) is 9.88 Å². The molecule has 6 heteroatoms. The molecule has 1 heterocycles. The topological polar surface area (TPSA) is 71.3 Å². The molecule has 0 radical (unpaired) electrons. The first-order valence-corrected chi connectivity index (χ1v) is 6.56. The van der Waals surface area contributed by atoms with Gasteiger partial charge in [-0.15, -0.1) is 0 Å². The molecule has 1 atom stereocenters. The van der Waals surface area contributed by atoms with Crippen LogP contribution < -0.4 is 5.32 Å². The highest BCUT2D eigenvalue weighted by Gasteiger charge is 2.16. The molecule has 0 aliphatic rings. The maximum absolute atomic E-state index is 12.0.